The van der Waals surface area contributed by atoms with Crippen LogP contribution in [0.5, 0.6) is 11.5 Å². The zero-order valence-corrected chi connectivity index (χ0v) is 18.1. The van der Waals surface area contributed by atoms with Crippen molar-refractivity contribution in [1.29, 1.82) is 0 Å². The molecule has 1 amide bonds. The van der Waals surface area contributed by atoms with Gasteiger partial charge in [-0.15, -0.1) is 0 Å². The number of aryl methyl sites for hydroxylation is 1. The molecule has 0 radical (unpaired) electrons. The minimum Gasteiger partial charge on any atom is -0.496 e. The van der Waals surface area contributed by atoms with Gasteiger partial charge in [-0.05, 0) is 43.2 Å². The topological polar surface area (TPSA) is 73.9 Å². The predicted molar refractivity (Wildman–Crippen MR) is 112 cm³/mol. The fourth-order valence-electron chi connectivity index (χ4n) is 2.48. The average molecular weight is 471 g/mol. The van der Waals surface area contributed by atoms with Crippen molar-refractivity contribution in [3.63, 3.8) is 0 Å². The van der Waals surface area contributed by atoms with Crippen molar-refractivity contribution >= 4 is 45.1 Å². The van der Waals surface area contributed by atoms with E-state index in [2.05, 4.69) is 21.2 Å². The number of hydrogen-bond acceptors (Lipinski definition) is 5. The zero-order valence-electron chi connectivity index (χ0n) is 15.8. The van der Waals surface area contributed by atoms with Crippen LogP contribution in [0.3, 0.4) is 0 Å². The van der Waals surface area contributed by atoms with E-state index in [1.807, 2.05) is 19.1 Å². The molecule has 0 bridgehead atoms. The summed E-state index contributed by atoms with van der Waals surface area (Å²) in [6.07, 6.45) is 0.773. The molecule has 0 aliphatic heterocycles. The molecule has 28 heavy (non-hydrogen) atoms. The van der Waals surface area contributed by atoms with Crippen LogP contribution in [-0.4, -0.2) is 32.2 Å². The highest BCUT2D eigenvalue weighted by Gasteiger charge is 2.18. The molecule has 0 saturated heterocycles. The molecule has 6 nitrogen and oxygen atoms in total. The van der Waals surface area contributed by atoms with Crippen LogP contribution >= 0.6 is 27.5 Å². The molecule has 0 atom stereocenters. The monoisotopic (exact) mass is 469 g/mol. The Morgan fingerprint density at radius 2 is 1.89 bits per heavy atom. The van der Waals surface area contributed by atoms with E-state index in [0.717, 1.165) is 16.5 Å². The molecule has 0 aliphatic carbocycles. The van der Waals surface area contributed by atoms with E-state index in [9.17, 15) is 9.59 Å². The summed E-state index contributed by atoms with van der Waals surface area (Å²) in [5.41, 5.74) is 1.48. The van der Waals surface area contributed by atoms with Crippen molar-refractivity contribution in [2.75, 3.05) is 25.6 Å². The number of halogens is 2. The summed E-state index contributed by atoms with van der Waals surface area (Å²) < 4.78 is 16.8. The van der Waals surface area contributed by atoms with E-state index >= 15 is 0 Å². The second-order valence-corrected chi connectivity index (χ2v) is 7.02. The van der Waals surface area contributed by atoms with Gasteiger partial charge in [0.05, 0.1) is 24.4 Å². The Morgan fingerprint density at radius 3 is 2.54 bits per heavy atom. The van der Waals surface area contributed by atoms with Crippen LogP contribution in [0.1, 0.15) is 29.8 Å². The van der Waals surface area contributed by atoms with E-state index in [0.29, 0.717) is 11.4 Å². The first-order valence-electron chi connectivity index (χ1n) is 8.65. The van der Waals surface area contributed by atoms with Gasteiger partial charge in [-0.2, -0.15) is 0 Å². The number of nitrogens with one attached hydrogen (secondary N) is 1. The van der Waals surface area contributed by atoms with Gasteiger partial charge in [-0.1, -0.05) is 34.5 Å². The highest BCUT2D eigenvalue weighted by molar-refractivity contribution is 9.10. The smallest absolute Gasteiger partial charge is 0.341 e. The summed E-state index contributed by atoms with van der Waals surface area (Å²) in [4.78, 5) is 24.3. The number of rotatable bonds is 8. The zero-order chi connectivity index (χ0) is 20.7. The van der Waals surface area contributed by atoms with Gasteiger partial charge in [-0.25, -0.2) is 4.79 Å². The normalized spacial score (nSPS) is 10.3. The molecule has 0 aliphatic rings. The van der Waals surface area contributed by atoms with Gasteiger partial charge in [0.25, 0.3) is 5.91 Å². The Hall–Kier alpha value is -2.25. The summed E-state index contributed by atoms with van der Waals surface area (Å²) >= 11 is 9.62. The number of amides is 1. The van der Waals surface area contributed by atoms with E-state index < -0.39 is 11.9 Å². The number of carbonyl (C=O) groups is 2. The molecular formula is C20H21BrClNO5. The van der Waals surface area contributed by atoms with E-state index in [1.165, 1.54) is 19.2 Å². The van der Waals surface area contributed by atoms with Crippen molar-refractivity contribution in [2.24, 2.45) is 0 Å². The molecule has 2 rings (SSSR count). The van der Waals surface area contributed by atoms with Gasteiger partial charge in [-0.3, -0.25) is 4.79 Å². The number of esters is 1. The fraction of sp³-hybridized carbons (Fsp3) is 0.300. The molecule has 150 valence electrons. The van der Waals surface area contributed by atoms with Gasteiger partial charge in [0.1, 0.15) is 17.1 Å². The van der Waals surface area contributed by atoms with Crippen LogP contribution in [0.25, 0.3) is 0 Å². The highest BCUT2D eigenvalue weighted by atomic mass is 79.9. The summed E-state index contributed by atoms with van der Waals surface area (Å²) in [5.74, 6) is -0.0509. The van der Waals surface area contributed by atoms with Gasteiger partial charge < -0.3 is 19.5 Å². The Morgan fingerprint density at radius 1 is 1.14 bits per heavy atom. The lowest BCUT2D eigenvalue weighted by molar-refractivity contribution is -0.118. The SMILES string of the molecule is CCOC(=O)c1cc(Cl)c(NC(=O)COc2ccc(Br)cc2CC)cc1OC. The third-order valence-corrected chi connectivity index (χ3v) is 4.63. The maximum Gasteiger partial charge on any atom is 0.341 e. The molecular weight excluding hydrogens is 450 g/mol. The maximum atomic E-state index is 12.3. The van der Waals surface area contributed by atoms with Crippen molar-refractivity contribution in [3.8, 4) is 11.5 Å². The Kier molecular flexibility index (Phi) is 8.14. The molecule has 8 heteroatoms. The van der Waals surface area contributed by atoms with Crippen LogP contribution in [0.2, 0.25) is 5.02 Å². The number of hydrogen-bond donors (Lipinski definition) is 1. The summed E-state index contributed by atoms with van der Waals surface area (Å²) in [6, 6.07) is 8.48. The lowest BCUT2D eigenvalue weighted by atomic mass is 10.1. The predicted octanol–water partition coefficient (Wildman–Crippen LogP) is 4.87. The quantitative estimate of drug-likeness (QED) is 0.557. The standard InChI is InChI=1S/C20H21BrClNO5/c1-4-12-8-13(21)6-7-17(12)28-11-19(24)23-16-10-18(26-3)14(9-15(16)22)20(25)27-5-2/h6-10H,4-5,11H2,1-3H3,(H,23,24). The van der Waals surface area contributed by atoms with Gasteiger partial charge in [0.2, 0.25) is 0 Å². The minimum absolute atomic E-state index is 0.186. The number of methoxy groups -OCH3 is 1. The minimum atomic E-state index is -0.551. The third kappa shape index (κ3) is 5.62. The molecule has 0 fully saturated rings. The lowest BCUT2D eigenvalue weighted by Gasteiger charge is -2.14. The van der Waals surface area contributed by atoms with Crippen LogP contribution in [-0.2, 0) is 16.0 Å². The Balaban J connectivity index is 2.10. The largest absolute Gasteiger partial charge is 0.496 e. The van der Waals surface area contributed by atoms with Crippen molar-refractivity contribution < 1.29 is 23.8 Å². The molecule has 0 unspecified atom stereocenters. The number of ether oxygens (including phenoxy) is 3. The van der Waals surface area contributed by atoms with E-state index in [1.54, 1.807) is 13.0 Å². The van der Waals surface area contributed by atoms with Crippen molar-refractivity contribution in [1.82, 2.24) is 0 Å². The maximum absolute atomic E-state index is 12.3. The molecule has 2 aromatic carbocycles. The molecule has 2 aromatic rings. The number of anilines is 1. The second-order valence-electron chi connectivity index (χ2n) is 5.70. The first-order valence-corrected chi connectivity index (χ1v) is 9.82. The molecule has 0 spiro atoms. The Labute approximate surface area is 177 Å². The molecule has 1 N–H and O–H groups in total. The first kappa shape index (κ1) is 22.0. The van der Waals surface area contributed by atoms with Crippen LogP contribution in [0, 0.1) is 0 Å². The molecule has 0 heterocycles. The van der Waals surface area contributed by atoms with E-state index in [-0.39, 0.29) is 29.5 Å². The lowest BCUT2D eigenvalue weighted by Crippen LogP contribution is -2.21. The summed E-state index contributed by atoms with van der Waals surface area (Å²) in [7, 11) is 1.42. The Bertz CT molecular complexity index is 872. The fourth-order valence-corrected chi connectivity index (χ4v) is 3.10. The van der Waals surface area contributed by atoms with E-state index in [4.69, 9.17) is 25.8 Å². The summed E-state index contributed by atoms with van der Waals surface area (Å²) in [6.45, 7) is 3.75. The third-order valence-electron chi connectivity index (χ3n) is 3.82. The van der Waals surface area contributed by atoms with Crippen LogP contribution in [0.4, 0.5) is 5.69 Å². The van der Waals surface area contributed by atoms with Crippen molar-refractivity contribution in [2.45, 2.75) is 20.3 Å². The molecule has 0 saturated carbocycles. The average Bonchev–Trinajstić information content (AvgIpc) is 2.68. The second kappa shape index (κ2) is 10.3. The first-order chi connectivity index (χ1) is 13.4. The summed E-state index contributed by atoms with van der Waals surface area (Å²) in [5, 5.41) is 2.85. The number of benzene rings is 2. The van der Waals surface area contributed by atoms with Crippen LogP contribution in [0.15, 0.2) is 34.8 Å². The highest BCUT2D eigenvalue weighted by Crippen LogP contribution is 2.31. The van der Waals surface area contributed by atoms with Crippen LogP contribution < -0.4 is 14.8 Å². The van der Waals surface area contributed by atoms with Gasteiger partial charge >= 0.3 is 5.97 Å². The number of carbonyl (C=O) groups excluding carboxylic acids is 2. The van der Waals surface area contributed by atoms with Gasteiger partial charge in [0.15, 0.2) is 6.61 Å². The van der Waals surface area contributed by atoms with Crippen molar-refractivity contribution in [3.05, 3.63) is 51.0 Å². The molecule has 0 aromatic heterocycles. The van der Waals surface area contributed by atoms with Gasteiger partial charge in [0, 0.05) is 10.5 Å².